The first-order valence-electron chi connectivity index (χ1n) is 7.44. The topological polar surface area (TPSA) is 83.5 Å². The van der Waals surface area contributed by atoms with Crippen LogP contribution in [0.5, 0.6) is 0 Å². The lowest BCUT2D eigenvalue weighted by Gasteiger charge is -2.10. The molecule has 1 rings (SSSR count). The van der Waals surface area contributed by atoms with Gasteiger partial charge in [-0.1, -0.05) is 0 Å². The first kappa shape index (κ1) is 18.9. The van der Waals surface area contributed by atoms with Gasteiger partial charge in [0.1, 0.15) is 9.84 Å². The van der Waals surface area contributed by atoms with Crippen molar-refractivity contribution in [3.63, 3.8) is 0 Å². The molecule has 0 bridgehead atoms. The van der Waals surface area contributed by atoms with Gasteiger partial charge in [0.05, 0.1) is 16.5 Å². The number of aliphatic imine (C=N–C) groups is 1. The van der Waals surface area contributed by atoms with Crippen LogP contribution in [0, 0.1) is 13.8 Å². The summed E-state index contributed by atoms with van der Waals surface area (Å²) in [5.74, 6) is 0.897. The van der Waals surface area contributed by atoms with E-state index >= 15 is 0 Å². The fourth-order valence-corrected chi connectivity index (χ4v) is 3.38. The summed E-state index contributed by atoms with van der Waals surface area (Å²) in [6, 6.07) is 0. The Hall–Kier alpha value is -1.15. The van der Waals surface area contributed by atoms with Crippen LogP contribution in [0.1, 0.15) is 28.9 Å². The van der Waals surface area contributed by atoms with E-state index in [0.717, 1.165) is 36.2 Å². The molecule has 1 aromatic rings. The van der Waals surface area contributed by atoms with Crippen LogP contribution in [0.25, 0.3) is 0 Å². The number of aryl methyl sites for hydroxylation is 2. The van der Waals surface area contributed by atoms with Crippen LogP contribution in [0.15, 0.2) is 4.99 Å². The molecule has 0 radical (unpaired) electrons. The first-order chi connectivity index (χ1) is 10.3. The van der Waals surface area contributed by atoms with Crippen molar-refractivity contribution in [3.05, 3.63) is 15.6 Å². The molecular formula is C14H26N4O2S2. The minimum Gasteiger partial charge on any atom is -0.357 e. The molecule has 0 saturated carbocycles. The number of hydrogen-bond donors (Lipinski definition) is 2. The van der Waals surface area contributed by atoms with Crippen molar-refractivity contribution < 1.29 is 8.42 Å². The SMILES string of the molecule is CCNC(=NCCCS(C)(=O)=O)NCCc1nc(C)c(C)s1. The van der Waals surface area contributed by atoms with Crippen LogP contribution in [-0.2, 0) is 16.3 Å². The van der Waals surface area contributed by atoms with Gasteiger partial charge in [0.2, 0.25) is 0 Å². The zero-order chi connectivity index (χ0) is 16.6. The second kappa shape index (κ2) is 9.09. The monoisotopic (exact) mass is 346 g/mol. The van der Waals surface area contributed by atoms with Crippen LogP contribution < -0.4 is 10.6 Å². The Kier molecular flexibility index (Phi) is 7.81. The molecular weight excluding hydrogens is 320 g/mol. The van der Waals surface area contributed by atoms with E-state index in [4.69, 9.17) is 0 Å². The lowest BCUT2D eigenvalue weighted by molar-refractivity contribution is 0.599. The van der Waals surface area contributed by atoms with E-state index in [1.54, 1.807) is 11.3 Å². The van der Waals surface area contributed by atoms with Crippen molar-refractivity contribution in [1.29, 1.82) is 0 Å². The number of rotatable bonds is 8. The van der Waals surface area contributed by atoms with E-state index in [-0.39, 0.29) is 5.75 Å². The van der Waals surface area contributed by atoms with Crippen molar-refractivity contribution >= 4 is 27.1 Å². The fourth-order valence-electron chi connectivity index (χ4n) is 1.79. The van der Waals surface area contributed by atoms with Gasteiger partial charge >= 0.3 is 0 Å². The van der Waals surface area contributed by atoms with E-state index < -0.39 is 9.84 Å². The van der Waals surface area contributed by atoms with Crippen LogP contribution in [-0.4, -0.2) is 51.0 Å². The molecule has 0 spiro atoms. The predicted octanol–water partition coefficient (Wildman–Crippen LogP) is 1.29. The molecule has 0 amide bonds. The van der Waals surface area contributed by atoms with Crippen molar-refractivity contribution in [3.8, 4) is 0 Å². The highest BCUT2D eigenvalue weighted by Gasteiger charge is 2.04. The molecule has 0 atom stereocenters. The third-order valence-electron chi connectivity index (χ3n) is 2.99. The average Bonchev–Trinajstić information content (AvgIpc) is 2.72. The summed E-state index contributed by atoms with van der Waals surface area (Å²) >= 11 is 1.73. The molecule has 0 aliphatic heterocycles. The zero-order valence-electron chi connectivity index (χ0n) is 13.8. The number of hydrogen-bond acceptors (Lipinski definition) is 5. The minimum atomic E-state index is -2.91. The summed E-state index contributed by atoms with van der Waals surface area (Å²) in [4.78, 5) is 10.2. The number of nitrogens with zero attached hydrogens (tertiary/aromatic N) is 2. The lowest BCUT2D eigenvalue weighted by atomic mass is 10.4. The van der Waals surface area contributed by atoms with Gasteiger partial charge in [-0.15, -0.1) is 11.3 Å². The molecule has 2 N–H and O–H groups in total. The molecule has 0 aliphatic rings. The Labute approximate surface area is 137 Å². The van der Waals surface area contributed by atoms with Crippen molar-refractivity contribution in [2.45, 2.75) is 33.6 Å². The van der Waals surface area contributed by atoms with Gasteiger partial charge in [-0.25, -0.2) is 13.4 Å². The molecule has 0 unspecified atom stereocenters. The summed E-state index contributed by atoms with van der Waals surface area (Å²) in [6.07, 6.45) is 2.64. The molecule has 0 aromatic carbocycles. The first-order valence-corrected chi connectivity index (χ1v) is 10.3. The molecule has 0 aliphatic carbocycles. The summed E-state index contributed by atoms with van der Waals surface area (Å²) in [5, 5.41) is 7.53. The third kappa shape index (κ3) is 7.74. The molecule has 0 saturated heterocycles. The summed E-state index contributed by atoms with van der Waals surface area (Å²) < 4.78 is 22.1. The van der Waals surface area contributed by atoms with Gasteiger partial charge in [-0.3, -0.25) is 4.99 Å². The van der Waals surface area contributed by atoms with Gasteiger partial charge < -0.3 is 10.6 Å². The molecule has 1 aromatic heterocycles. The third-order valence-corrected chi connectivity index (χ3v) is 5.15. The van der Waals surface area contributed by atoms with Crippen LogP contribution in [0.3, 0.4) is 0 Å². The largest absolute Gasteiger partial charge is 0.357 e. The number of sulfone groups is 1. The fraction of sp³-hybridized carbons (Fsp3) is 0.714. The van der Waals surface area contributed by atoms with Crippen LogP contribution >= 0.6 is 11.3 Å². The van der Waals surface area contributed by atoms with E-state index in [2.05, 4.69) is 27.5 Å². The average molecular weight is 347 g/mol. The maximum absolute atomic E-state index is 11.1. The minimum absolute atomic E-state index is 0.174. The Morgan fingerprint density at radius 3 is 2.59 bits per heavy atom. The Balaban J connectivity index is 2.39. The standard InChI is InChI=1S/C14H26N4O2S2/c1-5-15-14(16-8-6-10-22(4,19)20)17-9-7-13-18-11(2)12(3)21-13/h5-10H2,1-4H3,(H2,15,16,17). The number of guanidine groups is 1. The maximum atomic E-state index is 11.1. The van der Waals surface area contributed by atoms with Gasteiger partial charge in [0.25, 0.3) is 0 Å². The highest BCUT2D eigenvalue weighted by molar-refractivity contribution is 7.90. The van der Waals surface area contributed by atoms with E-state index in [0.29, 0.717) is 13.0 Å². The quantitative estimate of drug-likeness (QED) is 0.421. The van der Waals surface area contributed by atoms with E-state index in [9.17, 15) is 8.42 Å². The summed E-state index contributed by atoms with van der Waals surface area (Å²) in [6.45, 7) is 8.13. The number of aromatic nitrogens is 1. The zero-order valence-corrected chi connectivity index (χ0v) is 15.4. The van der Waals surface area contributed by atoms with Gasteiger partial charge in [0, 0.05) is 37.2 Å². The highest BCUT2D eigenvalue weighted by Crippen LogP contribution is 2.16. The Morgan fingerprint density at radius 1 is 1.32 bits per heavy atom. The summed E-state index contributed by atoms with van der Waals surface area (Å²) in [5.41, 5.74) is 1.10. The second-order valence-electron chi connectivity index (χ2n) is 5.17. The van der Waals surface area contributed by atoms with E-state index in [1.807, 2.05) is 13.8 Å². The van der Waals surface area contributed by atoms with Crippen LogP contribution in [0.2, 0.25) is 0 Å². The van der Waals surface area contributed by atoms with Crippen LogP contribution in [0.4, 0.5) is 0 Å². The van der Waals surface area contributed by atoms with Gasteiger partial charge in [-0.2, -0.15) is 0 Å². The smallest absolute Gasteiger partial charge is 0.191 e. The number of nitrogens with one attached hydrogen (secondary N) is 2. The summed E-state index contributed by atoms with van der Waals surface area (Å²) in [7, 11) is -2.91. The molecule has 0 fully saturated rings. The van der Waals surface area contributed by atoms with Gasteiger partial charge in [0.15, 0.2) is 5.96 Å². The predicted molar refractivity (Wildman–Crippen MR) is 93.6 cm³/mol. The second-order valence-corrected chi connectivity index (χ2v) is 8.72. The molecule has 1 heterocycles. The Morgan fingerprint density at radius 2 is 2.05 bits per heavy atom. The number of thiazole rings is 1. The van der Waals surface area contributed by atoms with Crippen molar-refractivity contribution in [1.82, 2.24) is 15.6 Å². The van der Waals surface area contributed by atoms with Crippen molar-refractivity contribution in [2.24, 2.45) is 4.99 Å². The van der Waals surface area contributed by atoms with E-state index in [1.165, 1.54) is 11.1 Å². The molecule has 8 heteroatoms. The molecule has 126 valence electrons. The maximum Gasteiger partial charge on any atom is 0.191 e. The normalized spacial score (nSPS) is 12.5. The van der Waals surface area contributed by atoms with Gasteiger partial charge in [-0.05, 0) is 27.2 Å². The Bertz CT molecular complexity index is 574. The lowest BCUT2D eigenvalue weighted by Crippen LogP contribution is -2.38. The molecule has 6 nitrogen and oxygen atoms in total. The highest BCUT2D eigenvalue weighted by atomic mass is 32.2. The molecule has 22 heavy (non-hydrogen) atoms. The van der Waals surface area contributed by atoms with Crippen molar-refractivity contribution in [2.75, 3.05) is 31.6 Å².